The number of carbonyl (C=O) groups is 1. The van der Waals surface area contributed by atoms with Crippen molar-refractivity contribution in [1.29, 1.82) is 0 Å². The summed E-state index contributed by atoms with van der Waals surface area (Å²) in [6.45, 7) is 1.87. The van der Waals surface area contributed by atoms with Gasteiger partial charge in [-0.1, -0.05) is 46.9 Å². The van der Waals surface area contributed by atoms with Gasteiger partial charge in [-0.2, -0.15) is 5.10 Å². The van der Waals surface area contributed by atoms with Gasteiger partial charge in [-0.3, -0.25) is 4.79 Å². The lowest BCUT2D eigenvalue weighted by Crippen LogP contribution is -2.23. The molecule has 1 heterocycles. The second-order valence-corrected chi connectivity index (χ2v) is 7.32. The van der Waals surface area contributed by atoms with Gasteiger partial charge in [0.2, 0.25) is 0 Å². The average molecular weight is 409 g/mol. The lowest BCUT2D eigenvalue weighted by atomic mass is 10.1. The number of nitrogens with zero attached hydrogens (tertiary/aromatic N) is 3. The van der Waals surface area contributed by atoms with Crippen LogP contribution in [0.3, 0.4) is 0 Å². The minimum Gasteiger partial charge on any atom is -0.343 e. The molecule has 1 amide bonds. The van der Waals surface area contributed by atoms with E-state index in [-0.39, 0.29) is 5.91 Å². The summed E-state index contributed by atoms with van der Waals surface area (Å²) in [4.78, 5) is 14.1. The Hall–Kier alpha value is -2.01. The molecule has 0 radical (unpaired) electrons. The van der Waals surface area contributed by atoms with Crippen molar-refractivity contribution in [2.24, 2.45) is 0 Å². The summed E-state index contributed by atoms with van der Waals surface area (Å²) in [7, 11) is 3.38. The molecule has 3 aromatic rings. The minimum absolute atomic E-state index is 0.179. The highest BCUT2D eigenvalue weighted by atomic mass is 35.5. The first-order chi connectivity index (χ1) is 12.3. The van der Waals surface area contributed by atoms with E-state index < -0.39 is 0 Å². The molecule has 0 fully saturated rings. The Balaban J connectivity index is 2.29. The number of amides is 1. The van der Waals surface area contributed by atoms with Gasteiger partial charge >= 0.3 is 0 Å². The third-order valence-electron chi connectivity index (χ3n) is 3.99. The van der Waals surface area contributed by atoms with Crippen molar-refractivity contribution < 1.29 is 4.79 Å². The predicted molar refractivity (Wildman–Crippen MR) is 107 cm³/mol. The van der Waals surface area contributed by atoms with Crippen molar-refractivity contribution in [3.63, 3.8) is 0 Å². The van der Waals surface area contributed by atoms with E-state index in [2.05, 4.69) is 5.10 Å². The summed E-state index contributed by atoms with van der Waals surface area (Å²) in [5, 5.41) is 6.16. The number of halogens is 3. The van der Waals surface area contributed by atoms with Crippen LogP contribution < -0.4 is 0 Å². The average Bonchev–Trinajstić information content (AvgIpc) is 2.92. The third kappa shape index (κ3) is 3.45. The fourth-order valence-corrected chi connectivity index (χ4v) is 3.30. The number of benzene rings is 2. The molecule has 0 unspecified atom stereocenters. The monoisotopic (exact) mass is 407 g/mol. The molecular weight excluding hydrogens is 393 g/mol. The first-order valence-corrected chi connectivity index (χ1v) is 8.95. The highest BCUT2D eigenvalue weighted by Gasteiger charge is 2.24. The van der Waals surface area contributed by atoms with Gasteiger partial charge < -0.3 is 4.90 Å². The Morgan fingerprint density at radius 1 is 1.00 bits per heavy atom. The standard InChI is InChI=1S/C19H16Cl3N3O/c1-11-17(19(26)24(2)3)23-25(16-9-8-14(21)10-15(16)22)18(11)12-4-6-13(20)7-5-12/h4-10H,1-3H3. The first kappa shape index (κ1) is 18.8. The molecule has 2 aromatic carbocycles. The highest BCUT2D eigenvalue weighted by Crippen LogP contribution is 2.33. The first-order valence-electron chi connectivity index (χ1n) is 7.82. The van der Waals surface area contributed by atoms with E-state index in [0.717, 1.165) is 16.8 Å². The zero-order valence-corrected chi connectivity index (χ0v) is 16.7. The van der Waals surface area contributed by atoms with Gasteiger partial charge in [0.05, 0.1) is 16.4 Å². The maximum atomic E-state index is 12.6. The molecule has 26 heavy (non-hydrogen) atoms. The van der Waals surface area contributed by atoms with Crippen molar-refractivity contribution in [3.05, 3.63) is 68.8 Å². The van der Waals surface area contributed by atoms with E-state index in [9.17, 15) is 4.79 Å². The molecule has 0 spiro atoms. The van der Waals surface area contributed by atoms with Gasteiger partial charge in [-0.25, -0.2) is 4.68 Å². The van der Waals surface area contributed by atoms with Crippen LogP contribution >= 0.6 is 34.8 Å². The van der Waals surface area contributed by atoms with E-state index in [1.165, 1.54) is 4.90 Å². The molecule has 0 N–H and O–H groups in total. The Kier molecular flexibility index (Phi) is 5.28. The molecule has 0 aliphatic carbocycles. The molecule has 134 valence electrons. The van der Waals surface area contributed by atoms with Crippen molar-refractivity contribution in [2.45, 2.75) is 6.92 Å². The van der Waals surface area contributed by atoms with E-state index in [1.54, 1.807) is 49.1 Å². The predicted octanol–water partition coefficient (Wildman–Crippen LogP) is 5.51. The fourth-order valence-electron chi connectivity index (χ4n) is 2.68. The van der Waals surface area contributed by atoms with Crippen LogP contribution in [0.15, 0.2) is 42.5 Å². The Morgan fingerprint density at radius 2 is 1.62 bits per heavy atom. The zero-order valence-electron chi connectivity index (χ0n) is 14.4. The Bertz CT molecular complexity index is 978. The molecule has 0 saturated heterocycles. The quantitative estimate of drug-likeness (QED) is 0.573. The smallest absolute Gasteiger partial charge is 0.274 e. The summed E-state index contributed by atoms with van der Waals surface area (Å²) in [5.41, 5.74) is 3.42. The SMILES string of the molecule is Cc1c(C(=O)N(C)C)nn(-c2ccc(Cl)cc2Cl)c1-c1ccc(Cl)cc1. The molecule has 1 aromatic heterocycles. The van der Waals surface area contributed by atoms with Crippen LogP contribution in [0.2, 0.25) is 15.1 Å². The van der Waals surface area contributed by atoms with Crippen LogP contribution in [0.5, 0.6) is 0 Å². The topological polar surface area (TPSA) is 38.1 Å². The van der Waals surface area contributed by atoms with Crippen molar-refractivity contribution >= 4 is 40.7 Å². The molecule has 0 aliphatic rings. The van der Waals surface area contributed by atoms with Crippen LogP contribution in [-0.4, -0.2) is 34.7 Å². The van der Waals surface area contributed by atoms with Crippen LogP contribution in [0.4, 0.5) is 0 Å². The van der Waals surface area contributed by atoms with Crippen LogP contribution in [0, 0.1) is 6.92 Å². The largest absolute Gasteiger partial charge is 0.343 e. The number of carbonyl (C=O) groups excluding carboxylic acids is 1. The Morgan fingerprint density at radius 3 is 2.19 bits per heavy atom. The second kappa shape index (κ2) is 7.31. The summed E-state index contributed by atoms with van der Waals surface area (Å²) in [6, 6.07) is 12.5. The molecule has 0 saturated carbocycles. The third-order valence-corrected chi connectivity index (χ3v) is 4.78. The van der Waals surface area contributed by atoms with Gasteiger partial charge in [0, 0.05) is 35.3 Å². The maximum absolute atomic E-state index is 12.6. The van der Waals surface area contributed by atoms with E-state index >= 15 is 0 Å². The summed E-state index contributed by atoms with van der Waals surface area (Å²) in [6.07, 6.45) is 0. The molecule has 7 heteroatoms. The van der Waals surface area contributed by atoms with Crippen molar-refractivity contribution in [3.8, 4) is 16.9 Å². The molecule has 0 bridgehead atoms. The Labute approximate surface area is 166 Å². The van der Waals surface area contributed by atoms with Crippen LogP contribution in [0.1, 0.15) is 16.1 Å². The van der Waals surface area contributed by atoms with E-state index in [0.29, 0.717) is 26.4 Å². The number of rotatable bonds is 3. The molecule has 4 nitrogen and oxygen atoms in total. The van der Waals surface area contributed by atoms with Gasteiger partial charge in [0.15, 0.2) is 5.69 Å². The normalized spacial score (nSPS) is 10.8. The zero-order chi connectivity index (χ0) is 19.0. The van der Waals surface area contributed by atoms with Gasteiger partial charge in [-0.15, -0.1) is 0 Å². The molecule has 3 rings (SSSR count). The van der Waals surface area contributed by atoms with Gasteiger partial charge in [0.1, 0.15) is 0 Å². The second-order valence-electron chi connectivity index (χ2n) is 6.04. The molecule has 0 aliphatic heterocycles. The van der Waals surface area contributed by atoms with Crippen LogP contribution in [-0.2, 0) is 0 Å². The number of aromatic nitrogens is 2. The van der Waals surface area contributed by atoms with Crippen molar-refractivity contribution in [1.82, 2.24) is 14.7 Å². The van der Waals surface area contributed by atoms with Crippen molar-refractivity contribution in [2.75, 3.05) is 14.1 Å². The fraction of sp³-hybridized carbons (Fsp3) is 0.158. The number of hydrogen-bond donors (Lipinski definition) is 0. The highest BCUT2D eigenvalue weighted by molar-refractivity contribution is 6.35. The summed E-state index contributed by atoms with van der Waals surface area (Å²) < 4.78 is 1.67. The van der Waals surface area contributed by atoms with E-state index in [4.69, 9.17) is 34.8 Å². The van der Waals surface area contributed by atoms with E-state index in [1.807, 2.05) is 19.1 Å². The lowest BCUT2D eigenvalue weighted by Gasteiger charge is -2.11. The maximum Gasteiger partial charge on any atom is 0.274 e. The van der Waals surface area contributed by atoms with Gasteiger partial charge in [0.25, 0.3) is 5.91 Å². The minimum atomic E-state index is -0.179. The van der Waals surface area contributed by atoms with Crippen LogP contribution in [0.25, 0.3) is 16.9 Å². The lowest BCUT2D eigenvalue weighted by molar-refractivity contribution is 0.0821. The molecular formula is C19H16Cl3N3O. The summed E-state index contributed by atoms with van der Waals surface area (Å²) in [5.74, 6) is -0.179. The number of hydrogen-bond acceptors (Lipinski definition) is 2. The van der Waals surface area contributed by atoms with Gasteiger partial charge in [-0.05, 0) is 37.3 Å². The summed E-state index contributed by atoms with van der Waals surface area (Å²) >= 11 is 18.4. The molecule has 0 atom stereocenters.